The van der Waals surface area contributed by atoms with Gasteiger partial charge in [-0.1, -0.05) is 0 Å². The normalized spacial score (nSPS) is 17.0. The zero-order chi connectivity index (χ0) is 15.2. The molecule has 0 atom stereocenters. The molecule has 0 unspecified atom stereocenters. The Kier molecular flexibility index (Phi) is 3.47. The zero-order valence-electron chi connectivity index (χ0n) is 12.1. The highest BCUT2D eigenvalue weighted by Gasteiger charge is 2.37. The van der Waals surface area contributed by atoms with Crippen molar-refractivity contribution in [2.24, 2.45) is 0 Å². The van der Waals surface area contributed by atoms with E-state index in [1.165, 1.54) is 11.3 Å². The third kappa shape index (κ3) is 2.43. The number of aryl methyl sites for hydroxylation is 1. The lowest BCUT2D eigenvalue weighted by molar-refractivity contribution is -0.0113. The number of fused-ring (bicyclic) bond motifs is 3. The van der Waals surface area contributed by atoms with Gasteiger partial charge in [-0.15, -0.1) is 11.3 Å². The average molecular weight is 312 g/mol. The van der Waals surface area contributed by atoms with E-state index in [0.29, 0.717) is 17.5 Å². The van der Waals surface area contributed by atoms with Gasteiger partial charge in [0.15, 0.2) is 5.82 Å². The fourth-order valence-corrected chi connectivity index (χ4v) is 4.11. The molecule has 0 amide bonds. The number of halogens is 2. The Morgan fingerprint density at radius 2 is 2.00 bits per heavy atom. The molecule has 0 saturated heterocycles. The second-order valence-electron chi connectivity index (χ2n) is 5.29. The smallest absolute Gasteiger partial charge is 0.252 e. The van der Waals surface area contributed by atoms with Crippen molar-refractivity contribution < 1.29 is 8.78 Å². The molecule has 7 heteroatoms. The van der Waals surface area contributed by atoms with Crippen molar-refractivity contribution in [1.29, 1.82) is 0 Å². The number of hydrogen-bond acceptors (Lipinski definition) is 5. The lowest BCUT2D eigenvalue weighted by Gasteiger charge is -2.21. The zero-order valence-corrected chi connectivity index (χ0v) is 12.9. The first-order valence-corrected chi connectivity index (χ1v) is 7.97. The van der Waals surface area contributed by atoms with Crippen molar-refractivity contribution in [1.82, 2.24) is 9.97 Å². The first kappa shape index (κ1) is 14.4. The lowest BCUT2D eigenvalue weighted by Crippen LogP contribution is -2.25. The molecule has 2 N–H and O–H groups in total. The quantitative estimate of drug-likeness (QED) is 0.945. The summed E-state index contributed by atoms with van der Waals surface area (Å²) in [6.45, 7) is 5.66. The Morgan fingerprint density at radius 1 is 1.29 bits per heavy atom. The van der Waals surface area contributed by atoms with Gasteiger partial charge in [-0.2, -0.15) is 4.98 Å². The van der Waals surface area contributed by atoms with E-state index >= 15 is 0 Å². The van der Waals surface area contributed by atoms with Crippen molar-refractivity contribution >= 4 is 33.3 Å². The molecule has 0 saturated carbocycles. The number of aromatic nitrogens is 2. The number of nitrogens with two attached hydrogens (primary N) is 1. The van der Waals surface area contributed by atoms with E-state index < -0.39 is 5.92 Å². The van der Waals surface area contributed by atoms with Crippen LogP contribution in [0.3, 0.4) is 0 Å². The highest BCUT2D eigenvalue weighted by Crippen LogP contribution is 2.43. The van der Waals surface area contributed by atoms with Crippen molar-refractivity contribution in [3.05, 3.63) is 10.4 Å². The number of hydrogen-bond donors (Lipinski definition) is 1. The first-order chi connectivity index (χ1) is 9.95. The highest BCUT2D eigenvalue weighted by molar-refractivity contribution is 7.19. The van der Waals surface area contributed by atoms with Gasteiger partial charge in [0.2, 0.25) is 5.95 Å². The molecule has 0 aromatic carbocycles. The third-order valence-corrected chi connectivity index (χ3v) is 5.21. The molecule has 0 bridgehead atoms. The first-order valence-electron chi connectivity index (χ1n) is 7.15. The minimum Gasteiger partial charge on any atom is -0.368 e. The fraction of sp³-hybridized carbons (Fsp3) is 0.571. The maximum absolute atomic E-state index is 13.7. The maximum atomic E-state index is 13.7. The van der Waals surface area contributed by atoms with Crippen molar-refractivity contribution in [3.63, 3.8) is 0 Å². The standard InChI is InChI=1S/C14H18F2N4S/c1-3-20(4-2)12-11-10(18-13(17)19-12)8-7-14(15,16)6-5-9(8)21-11/h3-7H2,1-2H3,(H2,17,18,19). The summed E-state index contributed by atoms with van der Waals surface area (Å²) < 4.78 is 28.3. The Hall–Kier alpha value is -1.50. The largest absolute Gasteiger partial charge is 0.368 e. The SMILES string of the molecule is CCN(CC)c1nc(N)nc2c3c(sc12)CCC(F)(F)C3. The molecule has 4 nitrogen and oxygen atoms in total. The van der Waals surface area contributed by atoms with E-state index in [1.54, 1.807) is 0 Å². The van der Waals surface area contributed by atoms with Crippen LogP contribution in [0.15, 0.2) is 0 Å². The minimum absolute atomic E-state index is 0.0870. The molecule has 21 heavy (non-hydrogen) atoms. The van der Waals surface area contributed by atoms with Crippen molar-refractivity contribution in [2.45, 2.75) is 39.0 Å². The Labute approximate surface area is 126 Å². The van der Waals surface area contributed by atoms with E-state index in [9.17, 15) is 8.78 Å². The van der Waals surface area contributed by atoms with E-state index in [0.717, 1.165) is 28.5 Å². The summed E-state index contributed by atoms with van der Waals surface area (Å²) in [7, 11) is 0. The van der Waals surface area contributed by atoms with E-state index in [-0.39, 0.29) is 18.8 Å². The molecular weight excluding hydrogens is 294 g/mol. The van der Waals surface area contributed by atoms with Crippen LogP contribution in [-0.4, -0.2) is 29.0 Å². The number of thiophene rings is 1. The Balaban J connectivity index is 2.22. The van der Waals surface area contributed by atoms with Gasteiger partial charge < -0.3 is 10.6 Å². The van der Waals surface area contributed by atoms with Gasteiger partial charge >= 0.3 is 0 Å². The monoisotopic (exact) mass is 312 g/mol. The summed E-state index contributed by atoms with van der Waals surface area (Å²) in [4.78, 5) is 11.7. The second kappa shape index (κ2) is 5.05. The summed E-state index contributed by atoms with van der Waals surface area (Å²) in [5, 5.41) is 0. The predicted octanol–water partition coefficient (Wildman–Crippen LogP) is 3.24. The van der Waals surface area contributed by atoms with Gasteiger partial charge in [-0.05, 0) is 25.8 Å². The van der Waals surface area contributed by atoms with Gasteiger partial charge in [-0.3, -0.25) is 0 Å². The molecule has 3 rings (SSSR count). The highest BCUT2D eigenvalue weighted by atomic mass is 32.1. The van der Waals surface area contributed by atoms with Crippen LogP contribution in [0.5, 0.6) is 0 Å². The van der Waals surface area contributed by atoms with Crippen molar-refractivity contribution in [3.8, 4) is 0 Å². The summed E-state index contributed by atoms with van der Waals surface area (Å²) in [5.74, 6) is -1.72. The molecule has 0 aliphatic heterocycles. The Morgan fingerprint density at radius 3 is 2.67 bits per heavy atom. The summed E-state index contributed by atoms with van der Waals surface area (Å²) in [6, 6.07) is 0. The molecule has 0 fully saturated rings. The molecule has 0 spiro atoms. The predicted molar refractivity (Wildman–Crippen MR) is 82.4 cm³/mol. The van der Waals surface area contributed by atoms with Crippen LogP contribution in [0, 0.1) is 0 Å². The van der Waals surface area contributed by atoms with Gasteiger partial charge in [0.25, 0.3) is 5.92 Å². The van der Waals surface area contributed by atoms with Crippen LogP contribution in [-0.2, 0) is 12.8 Å². The minimum atomic E-state index is -2.64. The van der Waals surface area contributed by atoms with E-state index in [2.05, 4.69) is 14.9 Å². The summed E-state index contributed by atoms with van der Waals surface area (Å²) in [6.07, 6.45) is 0.0772. The summed E-state index contributed by atoms with van der Waals surface area (Å²) in [5.41, 5.74) is 7.08. The number of alkyl halides is 2. The molecule has 0 radical (unpaired) electrons. The molecule has 114 valence electrons. The molecule has 2 aromatic rings. The molecule has 1 aliphatic rings. The summed E-state index contributed by atoms with van der Waals surface area (Å²) >= 11 is 1.54. The van der Waals surface area contributed by atoms with Crippen LogP contribution >= 0.6 is 11.3 Å². The topological polar surface area (TPSA) is 55.0 Å². The Bertz CT molecular complexity index is 679. The molecule has 2 heterocycles. The number of nitrogens with zero attached hydrogens (tertiary/aromatic N) is 3. The number of anilines is 2. The van der Waals surface area contributed by atoms with Crippen LogP contribution in [0.4, 0.5) is 20.5 Å². The van der Waals surface area contributed by atoms with Crippen molar-refractivity contribution in [2.75, 3.05) is 23.7 Å². The van der Waals surface area contributed by atoms with E-state index in [4.69, 9.17) is 5.73 Å². The fourth-order valence-electron chi connectivity index (χ4n) is 2.84. The number of nitrogen functional groups attached to an aromatic ring is 1. The lowest BCUT2D eigenvalue weighted by atomic mass is 9.95. The van der Waals surface area contributed by atoms with Gasteiger partial charge in [0.1, 0.15) is 0 Å². The second-order valence-corrected chi connectivity index (χ2v) is 6.40. The van der Waals surface area contributed by atoms with Crippen LogP contribution < -0.4 is 10.6 Å². The number of rotatable bonds is 3. The van der Waals surface area contributed by atoms with Crippen LogP contribution in [0.2, 0.25) is 0 Å². The van der Waals surface area contributed by atoms with Gasteiger partial charge in [0, 0.05) is 30.8 Å². The molecular formula is C14H18F2N4S. The molecule has 2 aromatic heterocycles. The van der Waals surface area contributed by atoms with Crippen LogP contribution in [0.1, 0.15) is 30.7 Å². The average Bonchev–Trinajstić information content (AvgIpc) is 2.77. The van der Waals surface area contributed by atoms with E-state index in [1.807, 2.05) is 13.8 Å². The molecule has 1 aliphatic carbocycles. The van der Waals surface area contributed by atoms with Gasteiger partial charge in [-0.25, -0.2) is 13.8 Å². The van der Waals surface area contributed by atoms with Gasteiger partial charge in [0.05, 0.1) is 10.2 Å². The van der Waals surface area contributed by atoms with Crippen LogP contribution in [0.25, 0.3) is 10.2 Å². The maximum Gasteiger partial charge on any atom is 0.252 e. The third-order valence-electron chi connectivity index (χ3n) is 3.93.